The molecule has 0 saturated heterocycles. The Morgan fingerprint density at radius 1 is 1.22 bits per heavy atom. The van der Waals surface area contributed by atoms with Crippen molar-refractivity contribution in [3.8, 4) is 0 Å². The average Bonchev–Trinajstić information content (AvgIpc) is 2.23. The highest BCUT2D eigenvalue weighted by Crippen LogP contribution is 2.25. The second kappa shape index (κ2) is 5.67. The van der Waals surface area contributed by atoms with Crippen LogP contribution in [0.4, 0.5) is 0 Å². The molecule has 0 amide bonds. The summed E-state index contributed by atoms with van der Waals surface area (Å²) in [7, 11) is -2.98. The van der Waals surface area contributed by atoms with E-state index in [0.717, 1.165) is 11.1 Å². The first-order valence-electron chi connectivity index (χ1n) is 5.89. The summed E-state index contributed by atoms with van der Waals surface area (Å²) in [5.41, 5.74) is 7.11. The maximum absolute atomic E-state index is 11.4. The van der Waals surface area contributed by atoms with Gasteiger partial charge < -0.3 is 5.73 Å². The molecule has 1 rings (SSSR count). The van der Waals surface area contributed by atoms with Crippen LogP contribution in [0.15, 0.2) is 30.3 Å². The molecule has 3 nitrogen and oxygen atoms in total. The van der Waals surface area contributed by atoms with E-state index in [0.29, 0.717) is 6.54 Å². The molecule has 0 aliphatic carbocycles. The Morgan fingerprint density at radius 3 is 2.22 bits per heavy atom. The number of nitrogens with two attached hydrogens (primary N) is 1. The van der Waals surface area contributed by atoms with E-state index in [-0.39, 0.29) is 11.2 Å². The van der Waals surface area contributed by atoms with Crippen molar-refractivity contribution in [3.63, 3.8) is 0 Å². The van der Waals surface area contributed by atoms with Gasteiger partial charge in [-0.2, -0.15) is 0 Å². The maximum atomic E-state index is 11.4. The molecule has 1 aromatic rings. The van der Waals surface area contributed by atoms with Gasteiger partial charge in [0.25, 0.3) is 0 Å². The van der Waals surface area contributed by atoms with Gasteiger partial charge >= 0.3 is 0 Å². The Kier molecular flexibility index (Phi) is 4.71. The molecule has 0 atom stereocenters. The Morgan fingerprint density at radius 2 is 1.78 bits per heavy atom. The van der Waals surface area contributed by atoms with E-state index in [1.165, 1.54) is 6.26 Å². The van der Waals surface area contributed by atoms with Crippen LogP contribution >= 0.6 is 0 Å². The van der Waals surface area contributed by atoms with Crippen molar-refractivity contribution in [2.75, 3.05) is 18.6 Å². The van der Waals surface area contributed by atoms with E-state index in [1.807, 2.05) is 50.3 Å². The van der Waals surface area contributed by atoms with Gasteiger partial charge in [0.1, 0.15) is 9.84 Å². The van der Waals surface area contributed by atoms with Crippen molar-refractivity contribution >= 4 is 15.9 Å². The molecule has 0 spiro atoms. The summed E-state index contributed by atoms with van der Waals surface area (Å²) >= 11 is 0. The molecular weight excluding hydrogens is 246 g/mol. The predicted molar refractivity (Wildman–Crippen MR) is 77.3 cm³/mol. The van der Waals surface area contributed by atoms with E-state index in [9.17, 15) is 8.42 Å². The quantitative estimate of drug-likeness (QED) is 0.887. The van der Waals surface area contributed by atoms with Crippen molar-refractivity contribution in [2.45, 2.75) is 19.3 Å². The largest absolute Gasteiger partial charge is 0.327 e. The highest BCUT2D eigenvalue weighted by molar-refractivity contribution is 7.90. The van der Waals surface area contributed by atoms with E-state index < -0.39 is 9.84 Å². The van der Waals surface area contributed by atoms with Crippen LogP contribution in [0.3, 0.4) is 0 Å². The SMILES string of the molecule is CC(C)(CS(C)(=O)=O)c1ccc(/C=C/CN)cc1. The lowest BCUT2D eigenvalue weighted by atomic mass is 9.86. The van der Waals surface area contributed by atoms with Crippen LogP contribution in [0.25, 0.3) is 6.08 Å². The molecule has 0 saturated carbocycles. The van der Waals surface area contributed by atoms with Gasteiger partial charge in [-0.15, -0.1) is 0 Å². The van der Waals surface area contributed by atoms with Gasteiger partial charge in [-0.05, 0) is 11.1 Å². The summed E-state index contributed by atoms with van der Waals surface area (Å²) in [5, 5.41) is 0. The molecule has 2 N–H and O–H groups in total. The molecule has 0 aliphatic heterocycles. The zero-order chi connectivity index (χ0) is 13.8. The normalized spacial score (nSPS) is 13.1. The predicted octanol–water partition coefficient (Wildman–Crippen LogP) is 1.98. The molecule has 0 aliphatic rings. The first-order chi connectivity index (χ1) is 8.24. The fourth-order valence-corrected chi connectivity index (χ4v) is 3.47. The van der Waals surface area contributed by atoms with Crippen LogP contribution in [0.1, 0.15) is 25.0 Å². The molecule has 1 aromatic carbocycles. The van der Waals surface area contributed by atoms with Gasteiger partial charge in [-0.25, -0.2) is 8.42 Å². The molecular formula is C14H21NO2S. The summed E-state index contributed by atoms with van der Waals surface area (Å²) < 4.78 is 22.8. The maximum Gasteiger partial charge on any atom is 0.148 e. The minimum absolute atomic E-state index is 0.151. The zero-order valence-corrected chi connectivity index (χ0v) is 12.0. The van der Waals surface area contributed by atoms with E-state index in [1.54, 1.807) is 0 Å². The van der Waals surface area contributed by atoms with Gasteiger partial charge in [-0.3, -0.25) is 0 Å². The first-order valence-corrected chi connectivity index (χ1v) is 7.95. The second-order valence-electron chi connectivity index (χ2n) is 5.21. The standard InChI is InChI=1S/C14H21NO2S/c1-14(2,11-18(3,16)17)13-8-6-12(7-9-13)5-4-10-15/h4-9H,10-11,15H2,1-3H3/b5-4+. The van der Waals surface area contributed by atoms with Crippen LogP contribution in [0.5, 0.6) is 0 Å². The Hall–Kier alpha value is -1.13. The van der Waals surface area contributed by atoms with E-state index >= 15 is 0 Å². The first kappa shape index (κ1) is 14.9. The number of hydrogen-bond donors (Lipinski definition) is 1. The Labute approximate surface area is 110 Å². The molecule has 0 bridgehead atoms. The molecule has 0 fully saturated rings. The molecule has 4 heteroatoms. The van der Waals surface area contributed by atoms with Crippen molar-refractivity contribution < 1.29 is 8.42 Å². The van der Waals surface area contributed by atoms with Crippen LogP contribution in [-0.2, 0) is 15.3 Å². The van der Waals surface area contributed by atoms with Crippen molar-refractivity contribution in [3.05, 3.63) is 41.5 Å². The average molecular weight is 267 g/mol. The van der Waals surface area contributed by atoms with E-state index in [4.69, 9.17) is 5.73 Å². The highest BCUT2D eigenvalue weighted by Gasteiger charge is 2.25. The molecule has 0 unspecified atom stereocenters. The Balaban J connectivity index is 2.93. The number of sulfone groups is 1. The number of hydrogen-bond acceptors (Lipinski definition) is 3. The van der Waals surface area contributed by atoms with Crippen LogP contribution < -0.4 is 5.73 Å². The lowest BCUT2D eigenvalue weighted by Crippen LogP contribution is -2.27. The summed E-state index contributed by atoms with van der Waals surface area (Å²) in [6, 6.07) is 7.90. The molecule has 18 heavy (non-hydrogen) atoms. The third-order valence-electron chi connectivity index (χ3n) is 2.76. The number of rotatable bonds is 5. The summed E-state index contributed by atoms with van der Waals surface area (Å²) in [6.07, 6.45) is 5.11. The van der Waals surface area contributed by atoms with Crippen molar-refractivity contribution in [2.24, 2.45) is 5.73 Å². The lowest BCUT2D eigenvalue weighted by Gasteiger charge is -2.24. The fourth-order valence-electron chi connectivity index (χ4n) is 1.99. The lowest BCUT2D eigenvalue weighted by molar-refractivity contribution is 0.552. The highest BCUT2D eigenvalue weighted by atomic mass is 32.2. The third kappa shape index (κ3) is 4.63. The molecule has 0 heterocycles. The summed E-state index contributed by atoms with van der Waals surface area (Å²) in [5.74, 6) is 0.151. The fraction of sp³-hybridized carbons (Fsp3) is 0.429. The van der Waals surface area contributed by atoms with Crippen LogP contribution in [0, 0.1) is 0 Å². The monoisotopic (exact) mass is 267 g/mol. The number of benzene rings is 1. The summed E-state index contributed by atoms with van der Waals surface area (Å²) in [4.78, 5) is 0. The Bertz CT molecular complexity index is 513. The minimum atomic E-state index is -2.98. The van der Waals surface area contributed by atoms with Crippen LogP contribution in [0.2, 0.25) is 0 Å². The third-order valence-corrected chi connectivity index (χ3v) is 4.01. The minimum Gasteiger partial charge on any atom is -0.327 e. The summed E-state index contributed by atoms with van der Waals surface area (Å²) in [6.45, 7) is 4.40. The van der Waals surface area contributed by atoms with Gasteiger partial charge in [0.2, 0.25) is 0 Å². The zero-order valence-electron chi connectivity index (χ0n) is 11.2. The van der Waals surface area contributed by atoms with Gasteiger partial charge in [0, 0.05) is 18.2 Å². The molecule has 0 aromatic heterocycles. The van der Waals surface area contributed by atoms with Crippen molar-refractivity contribution in [1.29, 1.82) is 0 Å². The van der Waals surface area contributed by atoms with Crippen molar-refractivity contribution in [1.82, 2.24) is 0 Å². The van der Waals surface area contributed by atoms with Gasteiger partial charge in [0.05, 0.1) is 5.75 Å². The second-order valence-corrected chi connectivity index (χ2v) is 7.35. The smallest absolute Gasteiger partial charge is 0.148 e. The van der Waals surface area contributed by atoms with Gasteiger partial charge in [0.15, 0.2) is 0 Å². The molecule has 0 radical (unpaired) electrons. The van der Waals surface area contributed by atoms with Crippen LogP contribution in [-0.4, -0.2) is 27.0 Å². The van der Waals surface area contributed by atoms with E-state index in [2.05, 4.69) is 0 Å². The topological polar surface area (TPSA) is 60.2 Å². The molecule has 100 valence electrons. The van der Waals surface area contributed by atoms with Gasteiger partial charge in [-0.1, -0.05) is 50.3 Å².